The Labute approximate surface area is 158 Å². The average molecular weight is 400 g/mol. The molecule has 1 atom stereocenters. The minimum Gasteiger partial charge on any atom is -0.451 e. The second-order valence-corrected chi connectivity index (χ2v) is 9.03. The lowest BCUT2D eigenvalue weighted by Gasteiger charge is -2.26. The number of carbonyl (C=O) groups excluding carboxylic acids is 2. The lowest BCUT2D eigenvalue weighted by Crippen LogP contribution is -2.36. The number of benzene rings is 1. The highest BCUT2D eigenvalue weighted by Gasteiger charge is 2.30. The summed E-state index contributed by atoms with van der Waals surface area (Å²) in [6.45, 7) is 0.897. The van der Waals surface area contributed by atoms with Gasteiger partial charge in [0.2, 0.25) is 10.0 Å². The largest absolute Gasteiger partial charge is 0.451 e. The molecule has 1 saturated heterocycles. The molecule has 1 unspecified atom stereocenters. The molecule has 6 nitrogen and oxygen atoms in total. The third-order valence-corrected chi connectivity index (χ3v) is 7.23. The van der Waals surface area contributed by atoms with Crippen molar-refractivity contribution >= 4 is 33.4 Å². The predicted octanol–water partition coefficient (Wildman–Crippen LogP) is 3.18. The SMILES string of the molecule is O=C(OC1CCCCC1=O)c1ccc(Cl)c(S(=O)(=O)N2CCCCC2)c1. The second kappa shape index (κ2) is 8.06. The maximum atomic E-state index is 12.9. The Morgan fingerprint density at radius 1 is 1.12 bits per heavy atom. The zero-order chi connectivity index (χ0) is 18.7. The molecular weight excluding hydrogens is 378 g/mol. The second-order valence-electron chi connectivity index (χ2n) is 6.72. The van der Waals surface area contributed by atoms with E-state index in [2.05, 4.69) is 0 Å². The van der Waals surface area contributed by atoms with Gasteiger partial charge in [0, 0.05) is 19.5 Å². The summed E-state index contributed by atoms with van der Waals surface area (Å²) in [7, 11) is -3.77. The molecular formula is C18H22ClNO5S. The Balaban J connectivity index is 1.82. The summed E-state index contributed by atoms with van der Waals surface area (Å²) in [5.41, 5.74) is 0.0864. The maximum absolute atomic E-state index is 12.9. The van der Waals surface area contributed by atoms with Crippen LogP contribution in [-0.4, -0.2) is 43.7 Å². The van der Waals surface area contributed by atoms with E-state index < -0.39 is 22.1 Å². The molecule has 8 heteroatoms. The molecule has 0 N–H and O–H groups in total. The number of hydrogen-bond acceptors (Lipinski definition) is 5. The molecule has 3 rings (SSSR count). The maximum Gasteiger partial charge on any atom is 0.338 e. The monoisotopic (exact) mass is 399 g/mol. The normalized spacial score (nSPS) is 22.2. The summed E-state index contributed by atoms with van der Waals surface area (Å²) >= 11 is 6.11. The Bertz CT molecular complexity index is 802. The first kappa shape index (κ1) is 19.3. The molecule has 2 aliphatic rings. The van der Waals surface area contributed by atoms with Gasteiger partial charge in [-0.05, 0) is 50.3 Å². The smallest absolute Gasteiger partial charge is 0.338 e. The third kappa shape index (κ3) is 4.10. The van der Waals surface area contributed by atoms with Gasteiger partial charge in [-0.15, -0.1) is 0 Å². The van der Waals surface area contributed by atoms with E-state index in [0.29, 0.717) is 25.9 Å². The van der Waals surface area contributed by atoms with Crippen LogP contribution in [-0.2, 0) is 19.6 Å². The summed E-state index contributed by atoms with van der Waals surface area (Å²) in [5, 5.41) is 0.0702. The van der Waals surface area contributed by atoms with Crippen LogP contribution in [0.4, 0.5) is 0 Å². The predicted molar refractivity (Wildman–Crippen MR) is 96.7 cm³/mol. The van der Waals surface area contributed by atoms with E-state index in [4.69, 9.17) is 16.3 Å². The fourth-order valence-corrected chi connectivity index (χ4v) is 5.36. The molecule has 1 heterocycles. The highest BCUT2D eigenvalue weighted by atomic mass is 35.5. The van der Waals surface area contributed by atoms with E-state index >= 15 is 0 Å². The summed E-state index contributed by atoms with van der Waals surface area (Å²) in [4.78, 5) is 24.2. The number of rotatable bonds is 4. The summed E-state index contributed by atoms with van der Waals surface area (Å²) in [5.74, 6) is -0.781. The van der Waals surface area contributed by atoms with Crippen LogP contribution in [0.25, 0.3) is 0 Å². The first-order valence-electron chi connectivity index (χ1n) is 8.93. The molecule has 0 amide bonds. The number of halogens is 1. The van der Waals surface area contributed by atoms with Crippen molar-refractivity contribution in [1.29, 1.82) is 0 Å². The van der Waals surface area contributed by atoms with Crippen LogP contribution in [0.3, 0.4) is 0 Å². The van der Waals surface area contributed by atoms with Gasteiger partial charge in [0.05, 0.1) is 10.6 Å². The van der Waals surface area contributed by atoms with Gasteiger partial charge >= 0.3 is 5.97 Å². The van der Waals surface area contributed by atoms with Gasteiger partial charge in [0.1, 0.15) is 4.90 Å². The van der Waals surface area contributed by atoms with E-state index in [9.17, 15) is 18.0 Å². The van der Waals surface area contributed by atoms with E-state index in [1.165, 1.54) is 22.5 Å². The van der Waals surface area contributed by atoms with E-state index in [-0.39, 0.29) is 21.3 Å². The highest BCUT2D eigenvalue weighted by molar-refractivity contribution is 7.89. The Kier molecular flexibility index (Phi) is 5.99. The van der Waals surface area contributed by atoms with Gasteiger partial charge in [-0.1, -0.05) is 18.0 Å². The van der Waals surface area contributed by atoms with Gasteiger partial charge in [0.25, 0.3) is 0 Å². The molecule has 142 valence electrons. The van der Waals surface area contributed by atoms with Crippen LogP contribution in [0.2, 0.25) is 5.02 Å². The summed E-state index contributed by atoms with van der Waals surface area (Å²) < 4.78 is 32.4. The fourth-order valence-electron chi connectivity index (χ4n) is 3.35. The number of sulfonamides is 1. The van der Waals surface area contributed by atoms with Crippen molar-refractivity contribution < 1.29 is 22.7 Å². The van der Waals surface area contributed by atoms with Crippen LogP contribution in [0.5, 0.6) is 0 Å². The van der Waals surface area contributed by atoms with Crippen LogP contribution >= 0.6 is 11.6 Å². The van der Waals surface area contributed by atoms with Crippen molar-refractivity contribution in [3.8, 4) is 0 Å². The molecule has 1 aliphatic heterocycles. The number of hydrogen-bond donors (Lipinski definition) is 0. The van der Waals surface area contributed by atoms with Crippen molar-refractivity contribution in [2.45, 2.75) is 55.9 Å². The van der Waals surface area contributed by atoms with Crippen LogP contribution in [0, 0.1) is 0 Å². The van der Waals surface area contributed by atoms with Crippen LogP contribution < -0.4 is 0 Å². The number of nitrogens with zero attached hydrogens (tertiary/aromatic N) is 1. The topological polar surface area (TPSA) is 80.8 Å². The van der Waals surface area contributed by atoms with Crippen molar-refractivity contribution in [3.05, 3.63) is 28.8 Å². The minimum absolute atomic E-state index is 0.0702. The molecule has 0 radical (unpaired) electrons. The van der Waals surface area contributed by atoms with E-state index in [1.54, 1.807) is 0 Å². The molecule has 0 spiro atoms. The highest BCUT2D eigenvalue weighted by Crippen LogP contribution is 2.28. The Morgan fingerprint density at radius 2 is 1.85 bits per heavy atom. The molecule has 26 heavy (non-hydrogen) atoms. The molecule has 1 aliphatic carbocycles. The lowest BCUT2D eigenvalue weighted by atomic mass is 9.96. The Hall–Kier alpha value is -1.44. The van der Waals surface area contributed by atoms with Crippen LogP contribution in [0.15, 0.2) is 23.1 Å². The van der Waals surface area contributed by atoms with Gasteiger partial charge in [-0.25, -0.2) is 13.2 Å². The minimum atomic E-state index is -3.77. The van der Waals surface area contributed by atoms with Gasteiger partial charge in [-0.2, -0.15) is 4.31 Å². The van der Waals surface area contributed by atoms with Crippen molar-refractivity contribution in [2.75, 3.05) is 13.1 Å². The van der Waals surface area contributed by atoms with Crippen LogP contribution in [0.1, 0.15) is 55.3 Å². The number of piperidine rings is 1. The molecule has 1 aromatic rings. The number of esters is 1. The van der Waals surface area contributed by atoms with E-state index in [0.717, 1.165) is 32.1 Å². The van der Waals surface area contributed by atoms with Crippen molar-refractivity contribution in [1.82, 2.24) is 4.31 Å². The number of carbonyl (C=O) groups is 2. The molecule has 0 aromatic heterocycles. The zero-order valence-corrected chi connectivity index (χ0v) is 16.0. The number of ketones is 1. The number of Topliss-reactive ketones (excluding diaryl/α,β-unsaturated/α-hetero) is 1. The summed E-state index contributed by atoms with van der Waals surface area (Å²) in [6, 6.07) is 4.06. The standard InChI is InChI=1S/C18H22ClNO5S/c19-14-9-8-13(18(22)25-16-7-3-2-6-15(16)21)12-17(14)26(23,24)20-10-4-1-5-11-20/h8-9,12,16H,1-7,10-11H2. The average Bonchev–Trinajstić information content (AvgIpc) is 2.64. The zero-order valence-electron chi connectivity index (χ0n) is 14.4. The van der Waals surface area contributed by atoms with Crippen molar-refractivity contribution in [3.63, 3.8) is 0 Å². The first-order chi connectivity index (χ1) is 12.4. The molecule has 1 aromatic carbocycles. The molecule has 0 bridgehead atoms. The summed E-state index contributed by atoms with van der Waals surface area (Å²) in [6.07, 6.45) is 4.44. The van der Waals surface area contributed by atoms with E-state index in [1.807, 2.05) is 0 Å². The quantitative estimate of drug-likeness (QED) is 0.726. The lowest BCUT2D eigenvalue weighted by molar-refractivity contribution is -0.129. The molecule has 2 fully saturated rings. The van der Waals surface area contributed by atoms with Gasteiger partial charge in [0.15, 0.2) is 11.9 Å². The van der Waals surface area contributed by atoms with Gasteiger partial charge in [-0.3, -0.25) is 4.79 Å². The Morgan fingerprint density at radius 3 is 2.54 bits per heavy atom. The van der Waals surface area contributed by atoms with Gasteiger partial charge < -0.3 is 4.74 Å². The number of ether oxygens (including phenoxy) is 1. The molecule has 1 saturated carbocycles. The fraction of sp³-hybridized carbons (Fsp3) is 0.556. The first-order valence-corrected chi connectivity index (χ1v) is 10.7. The third-order valence-electron chi connectivity index (χ3n) is 4.85. The van der Waals surface area contributed by atoms with Crippen molar-refractivity contribution in [2.24, 2.45) is 0 Å².